The minimum Gasteiger partial charge on any atom is -0.428 e. The molecule has 0 amide bonds. The molecule has 0 aliphatic heterocycles. The zero-order valence-corrected chi connectivity index (χ0v) is 15.0. The zero-order chi connectivity index (χ0) is 18.9. The van der Waals surface area contributed by atoms with Crippen LogP contribution in [0, 0.1) is 0 Å². The van der Waals surface area contributed by atoms with E-state index in [1.165, 1.54) is 0 Å². The summed E-state index contributed by atoms with van der Waals surface area (Å²) in [5, 5.41) is 0. The van der Waals surface area contributed by atoms with Crippen molar-refractivity contribution < 1.29 is 38.1 Å². The van der Waals surface area contributed by atoms with Crippen LogP contribution in [0.1, 0.15) is 71.6 Å². The minimum absolute atomic E-state index is 0.245. The van der Waals surface area contributed by atoms with E-state index in [0.717, 1.165) is 19.3 Å². The van der Waals surface area contributed by atoms with Crippen LogP contribution in [0.3, 0.4) is 0 Å². The van der Waals surface area contributed by atoms with Crippen molar-refractivity contribution in [2.75, 3.05) is 13.6 Å². The van der Waals surface area contributed by atoms with Crippen LogP contribution in [0.2, 0.25) is 0 Å². The number of ether oxygens (including phenoxy) is 4. The summed E-state index contributed by atoms with van der Waals surface area (Å²) in [6, 6.07) is 0. The highest BCUT2D eigenvalue weighted by atomic mass is 16.7. The topological polar surface area (TPSA) is 105 Å². The number of carbonyl (C=O) groups is 4. The van der Waals surface area contributed by atoms with Crippen molar-refractivity contribution in [2.45, 2.75) is 71.6 Å². The van der Waals surface area contributed by atoms with E-state index in [4.69, 9.17) is 9.47 Å². The average Bonchev–Trinajstić information content (AvgIpc) is 2.60. The molecule has 0 atom stereocenters. The lowest BCUT2D eigenvalue weighted by atomic mass is 10.1. The maximum atomic E-state index is 11.4. The predicted octanol–water partition coefficient (Wildman–Crippen LogP) is 2.62. The van der Waals surface area contributed by atoms with Gasteiger partial charge in [0.25, 0.3) is 0 Å². The number of hydrogen-bond donors (Lipinski definition) is 0. The molecule has 0 saturated heterocycles. The van der Waals surface area contributed by atoms with E-state index in [1.54, 1.807) is 13.8 Å². The first kappa shape index (κ1) is 22.9. The first-order valence-corrected chi connectivity index (χ1v) is 8.62. The second-order valence-corrected chi connectivity index (χ2v) is 5.28. The molecule has 0 rings (SSSR count). The maximum absolute atomic E-state index is 11.4. The predicted molar refractivity (Wildman–Crippen MR) is 87.0 cm³/mol. The molecule has 0 spiro atoms. The second-order valence-electron chi connectivity index (χ2n) is 5.28. The van der Waals surface area contributed by atoms with Crippen LogP contribution < -0.4 is 0 Å². The second kappa shape index (κ2) is 15.4. The monoisotopic (exact) mass is 360 g/mol. The third-order valence-corrected chi connectivity index (χ3v) is 3.22. The fourth-order valence-electron chi connectivity index (χ4n) is 1.74. The molecule has 8 nitrogen and oxygen atoms in total. The van der Waals surface area contributed by atoms with E-state index >= 15 is 0 Å². The van der Waals surface area contributed by atoms with Gasteiger partial charge < -0.3 is 18.9 Å². The molecular formula is C17H28O8. The third-order valence-electron chi connectivity index (χ3n) is 3.22. The molecular weight excluding hydrogens is 332 g/mol. The quantitative estimate of drug-likeness (QED) is 0.264. The SMILES string of the molecule is CCC(=O)OCOC(=O)CCCCCCCC(=O)OCOC(=O)CC. The van der Waals surface area contributed by atoms with Gasteiger partial charge in [0, 0.05) is 25.7 Å². The molecule has 0 aliphatic rings. The molecule has 0 radical (unpaired) electrons. The Morgan fingerprint density at radius 1 is 0.520 bits per heavy atom. The van der Waals surface area contributed by atoms with Gasteiger partial charge in [0.15, 0.2) is 0 Å². The van der Waals surface area contributed by atoms with Gasteiger partial charge in [-0.1, -0.05) is 33.1 Å². The summed E-state index contributed by atoms with van der Waals surface area (Å²) in [7, 11) is 0. The van der Waals surface area contributed by atoms with Crippen molar-refractivity contribution in [3.05, 3.63) is 0 Å². The van der Waals surface area contributed by atoms with Crippen LogP contribution in [0.4, 0.5) is 0 Å². The lowest BCUT2D eigenvalue weighted by Crippen LogP contribution is -2.12. The largest absolute Gasteiger partial charge is 0.428 e. The standard InChI is InChI=1S/C17H28O8/c1-3-14(18)22-12-24-16(20)10-8-6-5-7-9-11-17(21)25-13-23-15(19)4-2/h3-13H2,1-2H3. The molecule has 0 aliphatic carbocycles. The fourth-order valence-corrected chi connectivity index (χ4v) is 1.74. The van der Waals surface area contributed by atoms with Gasteiger partial charge in [0.05, 0.1) is 0 Å². The summed E-state index contributed by atoms with van der Waals surface area (Å²) >= 11 is 0. The molecule has 0 aromatic heterocycles. The minimum atomic E-state index is -0.408. The molecule has 0 heterocycles. The smallest absolute Gasteiger partial charge is 0.308 e. The number of esters is 4. The first-order chi connectivity index (χ1) is 12.0. The number of hydrogen-bond acceptors (Lipinski definition) is 8. The number of unbranched alkanes of at least 4 members (excludes halogenated alkanes) is 4. The Labute approximate surface area is 148 Å². The van der Waals surface area contributed by atoms with Gasteiger partial charge in [0.1, 0.15) is 0 Å². The van der Waals surface area contributed by atoms with Gasteiger partial charge in [-0.05, 0) is 12.8 Å². The number of rotatable bonds is 14. The lowest BCUT2D eigenvalue weighted by Gasteiger charge is -2.06. The van der Waals surface area contributed by atoms with Crippen molar-refractivity contribution in [1.29, 1.82) is 0 Å². The van der Waals surface area contributed by atoms with Crippen LogP contribution >= 0.6 is 0 Å². The molecule has 25 heavy (non-hydrogen) atoms. The molecule has 8 heteroatoms. The van der Waals surface area contributed by atoms with E-state index in [-0.39, 0.29) is 39.3 Å². The summed E-state index contributed by atoms with van der Waals surface area (Å²) in [6.07, 6.45) is 4.96. The van der Waals surface area contributed by atoms with Crippen molar-refractivity contribution in [2.24, 2.45) is 0 Å². The average molecular weight is 360 g/mol. The van der Waals surface area contributed by atoms with Gasteiger partial charge >= 0.3 is 23.9 Å². The Bertz CT molecular complexity index is 381. The Kier molecular flexibility index (Phi) is 14.1. The summed E-state index contributed by atoms with van der Waals surface area (Å²) < 4.78 is 18.8. The summed E-state index contributed by atoms with van der Waals surface area (Å²) in [5.74, 6) is -1.60. The summed E-state index contributed by atoms with van der Waals surface area (Å²) in [4.78, 5) is 44.4. The molecule has 144 valence electrons. The highest BCUT2D eigenvalue weighted by Gasteiger charge is 2.06. The van der Waals surface area contributed by atoms with Gasteiger partial charge in [-0.25, -0.2) is 0 Å². The van der Waals surface area contributed by atoms with E-state index in [1.807, 2.05) is 0 Å². The van der Waals surface area contributed by atoms with Gasteiger partial charge in [-0.2, -0.15) is 0 Å². The highest BCUT2D eigenvalue weighted by molar-refractivity contribution is 5.71. The molecule has 0 bridgehead atoms. The molecule has 0 aromatic rings. The molecule has 0 aromatic carbocycles. The van der Waals surface area contributed by atoms with Crippen LogP contribution in [0.25, 0.3) is 0 Å². The Hall–Kier alpha value is -2.12. The third kappa shape index (κ3) is 15.2. The Morgan fingerprint density at radius 3 is 1.20 bits per heavy atom. The Morgan fingerprint density at radius 2 is 0.840 bits per heavy atom. The van der Waals surface area contributed by atoms with E-state index < -0.39 is 23.9 Å². The van der Waals surface area contributed by atoms with Crippen molar-refractivity contribution >= 4 is 23.9 Å². The van der Waals surface area contributed by atoms with E-state index in [9.17, 15) is 19.2 Å². The molecule has 0 N–H and O–H groups in total. The summed E-state index contributed by atoms with van der Waals surface area (Å²) in [6.45, 7) is 2.65. The van der Waals surface area contributed by atoms with Gasteiger partial charge in [0.2, 0.25) is 13.6 Å². The molecule has 0 unspecified atom stereocenters. The van der Waals surface area contributed by atoms with Crippen molar-refractivity contribution in [3.8, 4) is 0 Å². The van der Waals surface area contributed by atoms with Crippen LogP contribution in [-0.2, 0) is 38.1 Å². The maximum Gasteiger partial charge on any atom is 0.308 e. The zero-order valence-electron chi connectivity index (χ0n) is 15.0. The van der Waals surface area contributed by atoms with Crippen molar-refractivity contribution in [3.63, 3.8) is 0 Å². The lowest BCUT2D eigenvalue weighted by molar-refractivity contribution is -0.168. The highest BCUT2D eigenvalue weighted by Crippen LogP contribution is 2.08. The van der Waals surface area contributed by atoms with Crippen LogP contribution in [0.15, 0.2) is 0 Å². The molecule has 0 saturated carbocycles. The normalized spacial score (nSPS) is 10.0. The summed E-state index contributed by atoms with van der Waals surface area (Å²) in [5.41, 5.74) is 0. The fraction of sp³-hybridized carbons (Fsp3) is 0.765. The van der Waals surface area contributed by atoms with Crippen LogP contribution in [-0.4, -0.2) is 37.5 Å². The van der Waals surface area contributed by atoms with Crippen LogP contribution in [0.5, 0.6) is 0 Å². The van der Waals surface area contributed by atoms with Gasteiger partial charge in [-0.3, -0.25) is 19.2 Å². The van der Waals surface area contributed by atoms with Crippen molar-refractivity contribution in [1.82, 2.24) is 0 Å². The molecule has 0 fully saturated rings. The van der Waals surface area contributed by atoms with E-state index in [0.29, 0.717) is 12.8 Å². The van der Waals surface area contributed by atoms with E-state index in [2.05, 4.69) is 9.47 Å². The Balaban J connectivity index is 3.40. The number of carbonyl (C=O) groups excluding carboxylic acids is 4. The first-order valence-electron chi connectivity index (χ1n) is 8.62. The van der Waals surface area contributed by atoms with Gasteiger partial charge in [-0.15, -0.1) is 0 Å².